The van der Waals surface area contributed by atoms with Gasteiger partial charge in [0.2, 0.25) is 0 Å². The number of phenols is 2. The van der Waals surface area contributed by atoms with Gasteiger partial charge in [0, 0.05) is 17.0 Å². The molecule has 11 heteroatoms. The van der Waals surface area contributed by atoms with Gasteiger partial charge in [-0.15, -0.1) is 0 Å². The highest BCUT2D eigenvalue weighted by molar-refractivity contribution is 14.1. The van der Waals surface area contributed by atoms with Crippen LogP contribution in [0, 0.1) is 0 Å². The minimum Gasteiger partial charge on any atom is -0.508 e. The summed E-state index contributed by atoms with van der Waals surface area (Å²) in [4.78, 5) is 24.4. The molecule has 0 fully saturated rings. The molecule has 0 unspecified atom stereocenters. The van der Waals surface area contributed by atoms with E-state index >= 15 is 0 Å². The van der Waals surface area contributed by atoms with Crippen LogP contribution in [0.4, 0.5) is 11.6 Å². The first-order chi connectivity index (χ1) is 13.3. The molecule has 150 valence electrons. The Labute approximate surface area is 175 Å². The van der Waals surface area contributed by atoms with E-state index in [1.807, 2.05) is 0 Å². The number of hydrogen-bond donors (Lipinski definition) is 6. The minimum atomic E-state index is -0.605. The average Bonchev–Trinajstić information content (AvgIpc) is 2.63. The molecule has 0 aliphatic heterocycles. The van der Waals surface area contributed by atoms with E-state index in [1.54, 1.807) is 6.07 Å². The van der Waals surface area contributed by atoms with Crippen LogP contribution in [0.3, 0.4) is 0 Å². The molecular weight excluding hydrogens is 477 g/mol. The van der Waals surface area contributed by atoms with Crippen molar-refractivity contribution in [1.29, 1.82) is 0 Å². The molecule has 0 atom stereocenters. The number of unbranched alkanes of at least 4 members (excludes halogenated alkanes) is 1. The van der Waals surface area contributed by atoms with Crippen molar-refractivity contribution < 1.29 is 15.0 Å². The Bertz CT molecular complexity index is 889. The highest BCUT2D eigenvalue weighted by Gasteiger charge is 2.16. The zero-order chi connectivity index (χ0) is 20.7. The van der Waals surface area contributed by atoms with E-state index in [0.29, 0.717) is 29.5 Å². The number of anilines is 2. The lowest BCUT2D eigenvalue weighted by atomic mass is 10.1. The van der Waals surface area contributed by atoms with Crippen molar-refractivity contribution in [2.45, 2.75) is 23.7 Å². The summed E-state index contributed by atoms with van der Waals surface area (Å²) in [6.07, 6.45) is 2.07. The van der Waals surface area contributed by atoms with Gasteiger partial charge in [0.05, 0.1) is 5.69 Å². The summed E-state index contributed by atoms with van der Waals surface area (Å²) in [5.41, 5.74) is 18.3. The fraction of sp³-hybridized carbons (Fsp3) is 0.294. The number of phenolic OH excluding ortho intramolecular Hbond substituents is 2. The largest absolute Gasteiger partial charge is 0.508 e. The zero-order valence-electron chi connectivity index (χ0n) is 15.0. The van der Waals surface area contributed by atoms with Gasteiger partial charge in [-0.1, -0.05) is 28.7 Å². The highest BCUT2D eigenvalue weighted by Crippen LogP contribution is 2.23. The number of carbonyl (C=O) groups excluding carboxylic acids is 1. The van der Waals surface area contributed by atoms with Crippen LogP contribution in [0.25, 0.3) is 0 Å². The monoisotopic (exact) mass is 499 g/mol. The van der Waals surface area contributed by atoms with E-state index in [0.717, 1.165) is 12.0 Å². The molecule has 0 bridgehead atoms. The van der Waals surface area contributed by atoms with Crippen molar-refractivity contribution in [2.24, 2.45) is 10.7 Å². The Balaban J connectivity index is 1.84. The van der Waals surface area contributed by atoms with E-state index in [4.69, 9.17) is 17.2 Å². The second-order valence-electron chi connectivity index (χ2n) is 5.91. The number of nitrogens with one attached hydrogen (secondary N) is 1. The number of aliphatic imine (C=N–C) groups is 1. The van der Waals surface area contributed by atoms with Crippen LogP contribution in [0.5, 0.6) is 11.5 Å². The third-order valence-electron chi connectivity index (χ3n) is 3.81. The maximum Gasteiger partial charge on any atom is 0.280 e. The molecule has 0 aliphatic carbocycles. The number of amides is 1. The van der Waals surface area contributed by atoms with E-state index in [1.165, 1.54) is 12.1 Å². The standard InChI is InChI=1S/C17H22IN7O3/c18-8-11-14(19)24-15(20)13(23-11)16(28)25-17(21)22-6-2-1-3-9-4-5-10(26)7-12(9)27/h4-5,7,26-27H,1-3,6,8H2,(H4,19,20,24)(H3,21,22,25,28). The maximum absolute atomic E-state index is 12.2. The van der Waals surface area contributed by atoms with E-state index in [9.17, 15) is 15.0 Å². The van der Waals surface area contributed by atoms with Gasteiger partial charge in [-0.3, -0.25) is 15.1 Å². The van der Waals surface area contributed by atoms with Crippen molar-refractivity contribution in [2.75, 3.05) is 18.0 Å². The van der Waals surface area contributed by atoms with Crippen LogP contribution in [0.2, 0.25) is 0 Å². The summed E-state index contributed by atoms with van der Waals surface area (Å²) in [6, 6.07) is 4.50. The van der Waals surface area contributed by atoms with Crippen molar-refractivity contribution >= 4 is 46.1 Å². The first-order valence-electron chi connectivity index (χ1n) is 8.41. The molecule has 1 aromatic heterocycles. The number of rotatable bonds is 7. The Morgan fingerprint density at radius 3 is 2.61 bits per heavy atom. The van der Waals surface area contributed by atoms with Crippen LogP contribution in [-0.4, -0.2) is 38.6 Å². The molecule has 9 N–H and O–H groups in total. The van der Waals surface area contributed by atoms with Crippen LogP contribution in [0.1, 0.15) is 34.6 Å². The van der Waals surface area contributed by atoms with Gasteiger partial charge in [-0.2, -0.15) is 0 Å². The lowest BCUT2D eigenvalue weighted by molar-refractivity contribution is 0.0972. The van der Waals surface area contributed by atoms with Gasteiger partial charge in [-0.05, 0) is 30.9 Å². The Morgan fingerprint density at radius 2 is 1.93 bits per heavy atom. The van der Waals surface area contributed by atoms with Gasteiger partial charge >= 0.3 is 0 Å². The predicted molar refractivity (Wildman–Crippen MR) is 115 cm³/mol. The molecule has 0 spiro atoms. The van der Waals surface area contributed by atoms with Gasteiger partial charge < -0.3 is 27.4 Å². The highest BCUT2D eigenvalue weighted by atomic mass is 127. The fourth-order valence-electron chi connectivity index (χ4n) is 2.37. The lowest BCUT2D eigenvalue weighted by Gasteiger charge is -2.09. The van der Waals surface area contributed by atoms with Gasteiger partial charge in [-0.25, -0.2) is 9.97 Å². The number of hydrogen-bond acceptors (Lipinski definition) is 8. The number of alkyl halides is 1. The summed E-state index contributed by atoms with van der Waals surface area (Å²) in [7, 11) is 0. The van der Waals surface area contributed by atoms with Gasteiger partial charge in [0.1, 0.15) is 17.3 Å². The smallest absolute Gasteiger partial charge is 0.280 e. The number of benzene rings is 1. The lowest BCUT2D eigenvalue weighted by Crippen LogP contribution is -2.38. The Kier molecular flexibility index (Phi) is 7.61. The summed E-state index contributed by atoms with van der Waals surface area (Å²) in [5, 5.41) is 21.4. The molecule has 10 nitrogen and oxygen atoms in total. The van der Waals surface area contributed by atoms with Crippen LogP contribution in [-0.2, 0) is 10.8 Å². The molecule has 1 aromatic carbocycles. The number of halogens is 1. The molecule has 0 saturated heterocycles. The van der Waals surface area contributed by atoms with Crippen molar-refractivity contribution in [1.82, 2.24) is 15.3 Å². The quantitative estimate of drug-likeness (QED) is 0.107. The number of aryl methyl sites for hydroxylation is 1. The molecular formula is C17H22IN7O3. The number of nitrogens with zero attached hydrogens (tertiary/aromatic N) is 3. The predicted octanol–water partition coefficient (Wildman–Crippen LogP) is 1.05. The molecule has 1 heterocycles. The number of nitrogens with two attached hydrogens (primary N) is 3. The summed E-state index contributed by atoms with van der Waals surface area (Å²) < 4.78 is 0.483. The van der Waals surface area contributed by atoms with Gasteiger partial charge in [0.25, 0.3) is 5.91 Å². The van der Waals surface area contributed by atoms with E-state index in [2.05, 4.69) is 42.9 Å². The number of aromatic nitrogens is 2. The third-order valence-corrected chi connectivity index (χ3v) is 4.54. The van der Waals surface area contributed by atoms with E-state index in [-0.39, 0.29) is 34.8 Å². The number of nitrogen functional groups attached to an aromatic ring is 2. The van der Waals surface area contributed by atoms with Crippen molar-refractivity contribution in [3.05, 3.63) is 35.2 Å². The minimum absolute atomic E-state index is 0.0198. The SMILES string of the molecule is NC(=NCCCCc1ccc(O)cc1O)NC(=O)c1nc(CI)c(N)nc1N. The van der Waals surface area contributed by atoms with Crippen molar-refractivity contribution in [3.8, 4) is 11.5 Å². The zero-order valence-corrected chi connectivity index (χ0v) is 17.2. The number of guanidine groups is 1. The molecule has 0 aliphatic rings. The Morgan fingerprint density at radius 1 is 1.18 bits per heavy atom. The summed E-state index contributed by atoms with van der Waals surface area (Å²) in [5.74, 6) is -0.470. The normalized spacial score (nSPS) is 11.4. The molecule has 0 saturated carbocycles. The van der Waals surface area contributed by atoms with Crippen molar-refractivity contribution in [3.63, 3.8) is 0 Å². The van der Waals surface area contributed by atoms with Crippen LogP contribution < -0.4 is 22.5 Å². The second kappa shape index (κ2) is 9.92. The first kappa shape index (κ1) is 21.5. The molecule has 2 rings (SSSR count). The first-order valence-corrected chi connectivity index (χ1v) is 9.94. The summed E-state index contributed by atoms with van der Waals surface area (Å²) in [6.45, 7) is 0.396. The van der Waals surface area contributed by atoms with Gasteiger partial charge in [0.15, 0.2) is 17.5 Å². The molecule has 0 radical (unpaired) electrons. The van der Waals surface area contributed by atoms with Crippen LogP contribution >= 0.6 is 22.6 Å². The van der Waals surface area contributed by atoms with E-state index < -0.39 is 5.91 Å². The van der Waals surface area contributed by atoms with Crippen LogP contribution in [0.15, 0.2) is 23.2 Å². The second-order valence-corrected chi connectivity index (χ2v) is 6.68. The molecule has 28 heavy (non-hydrogen) atoms. The molecule has 2 aromatic rings. The number of aromatic hydroxyl groups is 2. The third kappa shape index (κ3) is 5.84. The average molecular weight is 499 g/mol. The fourth-order valence-corrected chi connectivity index (χ4v) is 2.93. The topological polar surface area (TPSA) is 186 Å². The summed E-state index contributed by atoms with van der Waals surface area (Å²) >= 11 is 2.06. The maximum atomic E-state index is 12.2. The number of carbonyl (C=O) groups is 1. The molecule has 1 amide bonds. The Hall–Kier alpha value is -2.83.